The highest BCUT2D eigenvalue weighted by Crippen LogP contribution is 2.54. The molecule has 224 valence electrons. The molecule has 1 heterocycles. The third-order valence-corrected chi connectivity index (χ3v) is 10.2. The lowest BCUT2D eigenvalue weighted by Gasteiger charge is -2.26. The van der Waals surface area contributed by atoms with Crippen molar-refractivity contribution in [2.45, 2.75) is 6.92 Å². The zero-order valence-electron chi connectivity index (χ0n) is 26.5. The Morgan fingerprint density at radius 2 is 1.00 bits per heavy atom. The average Bonchev–Trinajstić information content (AvgIpc) is 3.15. The molecule has 0 spiro atoms. The van der Waals surface area contributed by atoms with Crippen LogP contribution >= 0.6 is 0 Å². The van der Waals surface area contributed by atoms with Crippen LogP contribution in [0.5, 0.6) is 11.5 Å². The summed E-state index contributed by atoms with van der Waals surface area (Å²) in [5, 5.41) is 9.96. The molecule has 1 aliphatic heterocycles. The minimum Gasteiger partial charge on any atom is -0.455 e. The van der Waals surface area contributed by atoms with Gasteiger partial charge in [-0.2, -0.15) is 0 Å². The Balaban J connectivity index is 1.16. The normalized spacial score (nSPS) is 12.0. The zero-order chi connectivity index (χ0) is 31.8. The van der Waals surface area contributed by atoms with Gasteiger partial charge in [0.2, 0.25) is 0 Å². The van der Waals surface area contributed by atoms with E-state index < -0.39 is 0 Å². The summed E-state index contributed by atoms with van der Waals surface area (Å²) < 4.78 is 6.88. The van der Waals surface area contributed by atoms with Crippen LogP contribution in [0.25, 0.3) is 87.6 Å². The number of hydrogen-bond donors (Lipinski definition) is 0. The molecule has 0 saturated heterocycles. The molecule has 10 rings (SSSR count). The van der Waals surface area contributed by atoms with Crippen molar-refractivity contribution in [2.24, 2.45) is 0 Å². The van der Waals surface area contributed by atoms with Crippen molar-refractivity contribution in [1.82, 2.24) is 0 Å². The third kappa shape index (κ3) is 3.98. The molecule has 0 aliphatic carbocycles. The van der Waals surface area contributed by atoms with Crippen molar-refractivity contribution < 1.29 is 4.74 Å². The van der Waals surface area contributed by atoms with Gasteiger partial charge in [0, 0.05) is 16.5 Å². The number of rotatable bonds is 3. The monoisotopic (exact) mass is 610 g/mol. The van der Waals surface area contributed by atoms with Gasteiger partial charge in [-0.05, 0) is 102 Å². The molecule has 9 aromatic rings. The van der Waals surface area contributed by atoms with E-state index in [-0.39, 0.29) is 0 Å². The van der Waals surface area contributed by atoms with E-state index in [1.165, 1.54) is 82.0 Å². The van der Waals surface area contributed by atoms with E-state index in [0.717, 1.165) is 22.6 Å². The fraction of sp³-hybridized carbons (Fsp3) is 0.0213. The number of fused-ring (bicyclic) bond motifs is 7. The summed E-state index contributed by atoms with van der Waals surface area (Å²) in [4.78, 5) is 0. The smallest absolute Gasteiger partial charge is 0.144 e. The summed E-state index contributed by atoms with van der Waals surface area (Å²) in [6, 6.07) is 59.4. The maximum absolute atomic E-state index is 6.88. The predicted molar refractivity (Wildman–Crippen MR) is 203 cm³/mol. The first kappa shape index (κ1) is 27.0. The van der Waals surface area contributed by atoms with Crippen LogP contribution in [0.1, 0.15) is 5.56 Å². The molecule has 0 saturated carbocycles. The minimum absolute atomic E-state index is 0.902. The fourth-order valence-electron chi connectivity index (χ4n) is 7.96. The van der Waals surface area contributed by atoms with Gasteiger partial charge >= 0.3 is 0 Å². The molecule has 0 amide bonds. The fourth-order valence-corrected chi connectivity index (χ4v) is 7.96. The van der Waals surface area contributed by atoms with Crippen LogP contribution in [0.2, 0.25) is 0 Å². The molecule has 0 unspecified atom stereocenters. The van der Waals surface area contributed by atoms with Gasteiger partial charge in [0.1, 0.15) is 11.5 Å². The van der Waals surface area contributed by atoms with Crippen LogP contribution in [0.15, 0.2) is 164 Å². The molecule has 1 aliphatic rings. The van der Waals surface area contributed by atoms with Crippen molar-refractivity contribution in [3.05, 3.63) is 169 Å². The van der Waals surface area contributed by atoms with Crippen molar-refractivity contribution in [3.63, 3.8) is 0 Å². The van der Waals surface area contributed by atoms with E-state index in [4.69, 9.17) is 4.74 Å². The van der Waals surface area contributed by atoms with E-state index >= 15 is 0 Å². The SMILES string of the molecule is Cc1c(-c2cccc(-c3ccc4c(ccc5ccccc54)c3)c2)cccc1-c1c2c3c(cccc3c3ccccc13)-c1ccccc1O2. The molecule has 0 aromatic heterocycles. The summed E-state index contributed by atoms with van der Waals surface area (Å²) >= 11 is 0. The average molecular weight is 611 g/mol. The molecule has 48 heavy (non-hydrogen) atoms. The Bertz CT molecular complexity index is 2770. The lowest BCUT2D eigenvalue weighted by atomic mass is 9.84. The summed E-state index contributed by atoms with van der Waals surface area (Å²) in [5.74, 6) is 1.84. The lowest BCUT2D eigenvalue weighted by Crippen LogP contribution is -2.01. The number of para-hydroxylation sites is 1. The molecule has 1 nitrogen and oxygen atoms in total. The van der Waals surface area contributed by atoms with Crippen LogP contribution in [-0.2, 0) is 0 Å². The molecule has 0 bridgehead atoms. The largest absolute Gasteiger partial charge is 0.455 e. The first-order chi connectivity index (χ1) is 23.7. The van der Waals surface area contributed by atoms with Gasteiger partial charge in [0.15, 0.2) is 0 Å². The Morgan fingerprint density at radius 3 is 1.94 bits per heavy atom. The molecular weight excluding hydrogens is 581 g/mol. The van der Waals surface area contributed by atoms with Crippen LogP contribution in [0.3, 0.4) is 0 Å². The number of ether oxygens (including phenoxy) is 1. The second kappa shape index (κ2) is 10.4. The summed E-state index contributed by atoms with van der Waals surface area (Å²) in [5.41, 5.74) is 10.8. The Kier molecular flexibility index (Phi) is 5.86. The second-order valence-electron chi connectivity index (χ2n) is 12.9. The summed E-state index contributed by atoms with van der Waals surface area (Å²) in [6.45, 7) is 2.26. The predicted octanol–water partition coefficient (Wildman–Crippen LogP) is 13.4. The summed E-state index contributed by atoms with van der Waals surface area (Å²) in [6.07, 6.45) is 0. The molecule has 9 aromatic carbocycles. The van der Waals surface area contributed by atoms with Crippen LogP contribution in [0.4, 0.5) is 0 Å². The first-order valence-electron chi connectivity index (χ1n) is 16.6. The van der Waals surface area contributed by atoms with Gasteiger partial charge < -0.3 is 4.74 Å². The molecule has 1 heteroatoms. The van der Waals surface area contributed by atoms with Gasteiger partial charge in [-0.25, -0.2) is 0 Å². The van der Waals surface area contributed by atoms with Crippen LogP contribution in [0, 0.1) is 6.92 Å². The van der Waals surface area contributed by atoms with Crippen molar-refractivity contribution in [3.8, 4) is 56.0 Å². The maximum atomic E-state index is 6.88. The van der Waals surface area contributed by atoms with Crippen molar-refractivity contribution in [1.29, 1.82) is 0 Å². The topological polar surface area (TPSA) is 9.23 Å². The van der Waals surface area contributed by atoms with Gasteiger partial charge in [-0.1, -0.05) is 146 Å². The molecule has 0 N–H and O–H groups in total. The van der Waals surface area contributed by atoms with Gasteiger partial charge in [0.25, 0.3) is 0 Å². The van der Waals surface area contributed by atoms with Crippen LogP contribution < -0.4 is 4.74 Å². The molecular formula is C47H30O. The van der Waals surface area contributed by atoms with Gasteiger partial charge in [0.05, 0.1) is 0 Å². The molecule has 0 atom stereocenters. The zero-order valence-corrected chi connectivity index (χ0v) is 26.5. The van der Waals surface area contributed by atoms with E-state index in [1.807, 2.05) is 0 Å². The van der Waals surface area contributed by atoms with Crippen LogP contribution in [-0.4, -0.2) is 0 Å². The standard InChI is InChI=1S/C47H30O/c1-29-35(33-13-8-12-31(27-33)32-25-26-38-34(28-32)24-23-30-11-2-3-14-37(30)38)18-9-19-36(29)45-41-17-5-4-15-39(41)42-20-10-21-43-40-16-6-7-22-44(40)48-47(45)46(42)43/h2-28H,1H3. The first-order valence-corrected chi connectivity index (χ1v) is 16.6. The number of hydrogen-bond acceptors (Lipinski definition) is 1. The lowest BCUT2D eigenvalue weighted by molar-refractivity contribution is 0.489. The van der Waals surface area contributed by atoms with Crippen molar-refractivity contribution in [2.75, 3.05) is 0 Å². The molecule has 0 fully saturated rings. The van der Waals surface area contributed by atoms with Crippen molar-refractivity contribution >= 4 is 43.1 Å². The van der Waals surface area contributed by atoms with E-state index in [1.54, 1.807) is 0 Å². The quantitative estimate of drug-likeness (QED) is 0.181. The van der Waals surface area contributed by atoms with E-state index in [9.17, 15) is 0 Å². The Hall–Kier alpha value is -6.18. The Labute approximate surface area is 279 Å². The highest BCUT2D eigenvalue weighted by molar-refractivity contribution is 6.22. The molecule has 0 radical (unpaired) electrons. The van der Waals surface area contributed by atoms with E-state index in [2.05, 4.69) is 171 Å². The number of benzene rings is 9. The Morgan fingerprint density at radius 1 is 0.375 bits per heavy atom. The van der Waals surface area contributed by atoms with Gasteiger partial charge in [-0.15, -0.1) is 0 Å². The second-order valence-corrected chi connectivity index (χ2v) is 12.9. The maximum Gasteiger partial charge on any atom is 0.144 e. The highest BCUT2D eigenvalue weighted by atomic mass is 16.5. The third-order valence-electron chi connectivity index (χ3n) is 10.2. The van der Waals surface area contributed by atoms with E-state index in [0.29, 0.717) is 0 Å². The summed E-state index contributed by atoms with van der Waals surface area (Å²) in [7, 11) is 0. The highest BCUT2D eigenvalue weighted by Gasteiger charge is 2.26. The minimum atomic E-state index is 0.902. The van der Waals surface area contributed by atoms with Gasteiger partial charge in [-0.3, -0.25) is 0 Å².